The molecule has 166 valence electrons. The number of nitrogens with one attached hydrogen (secondary N) is 1. The molecule has 0 unspecified atom stereocenters. The fourth-order valence-corrected chi connectivity index (χ4v) is 5.59. The van der Waals surface area contributed by atoms with Crippen molar-refractivity contribution in [1.29, 1.82) is 0 Å². The normalized spacial score (nSPS) is 16.0. The summed E-state index contributed by atoms with van der Waals surface area (Å²) in [5, 5.41) is -7.19. The van der Waals surface area contributed by atoms with Crippen molar-refractivity contribution in [2.45, 2.75) is 54.8 Å². The van der Waals surface area contributed by atoms with Crippen molar-refractivity contribution in [2.24, 2.45) is 0 Å². The van der Waals surface area contributed by atoms with Crippen LogP contribution in [-0.4, -0.2) is 51.8 Å². The van der Waals surface area contributed by atoms with Crippen LogP contribution in [0.3, 0.4) is 0 Å². The summed E-state index contributed by atoms with van der Waals surface area (Å²) in [6.07, 6.45) is -7.55. The molecule has 0 fully saturated rings. The van der Waals surface area contributed by atoms with E-state index in [2.05, 4.69) is 0 Å². The Hall–Kier alpha value is 0.217. The second-order valence-corrected chi connectivity index (χ2v) is 13.0. The first-order chi connectivity index (χ1) is 11.2. The van der Waals surface area contributed by atoms with Crippen molar-refractivity contribution in [1.82, 2.24) is 4.39 Å². The van der Waals surface area contributed by atoms with E-state index in [0.29, 0.717) is 0 Å². The van der Waals surface area contributed by atoms with Crippen LogP contribution >= 0.6 is 0 Å². The standard InChI is InChI=1S/C9H10F13NO2SSi.Na.H/c1-27(2,3)23-26(24,25)9(21,22)7(16,17)5(12,13)4(10,11)6(14,15)8(18,19)20;;/h23H,1-3H3;;/q;+1;-1. The van der Waals surface area contributed by atoms with Crippen LogP contribution in [0.1, 0.15) is 1.43 Å². The van der Waals surface area contributed by atoms with E-state index in [4.69, 9.17) is 0 Å². The van der Waals surface area contributed by atoms with Gasteiger partial charge in [0.25, 0.3) is 10.0 Å². The molecule has 0 aromatic heterocycles. The Morgan fingerprint density at radius 1 is 0.643 bits per heavy atom. The van der Waals surface area contributed by atoms with Crippen molar-refractivity contribution >= 4 is 18.3 Å². The minimum absolute atomic E-state index is 0. The molecule has 0 atom stereocenters. The molecule has 0 rings (SSSR count). The molecule has 0 spiro atoms. The number of sulfonamides is 1. The quantitative estimate of drug-likeness (QED) is 0.431. The van der Waals surface area contributed by atoms with E-state index < -0.39 is 53.4 Å². The second kappa shape index (κ2) is 7.72. The third kappa shape index (κ3) is 4.60. The van der Waals surface area contributed by atoms with Gasteiger partial charge in [0.05, 0.1) is 0 Å². The van der Waals surface area contributed by atoms with Gasteiger partial charge in [-0.05, 0) is 0 Å². The molecule has 28 heavy (non-hydrogen) atoms. The zero-order valence-electron chi connectivity index (χ0n) is 15.1. The van der Waals surface area contributed by atoms with Crippen molar-refractivity contribution < 1.29 is 96.5 Å². The summed E-state index contributed by atoms with van der Waals surface area (Å²) in [7, 11) is -10.5. The van der Waals surface area contributed by atoms with Gasteiger partial charge in [0, 0.05) is 0 Å². The van der Waals surface area contributed by atoms with E-state index in [0.717, 1.165) is 24.0 Å². The van der Waals surface area contributed by atoms with Gasteiger partial charge in [-0.3, -0.25) is 0 Å². The van der Waals surface area contributed by atoms with E-state index >= 15 is 0 Å². The third-order valence-electron chi connectivity index (χ3n) is 2.68. The van der Waals surface area contributed by atoms with Crippen LogP contribution in [-0.2, 0) is 10.0 Å². The SMILES string of the molecule is C[Si](C)(C)NS(=O)(=O)C(F)(F)C(F)(F)C(F)(F)C(F)(F)C(F)(F)C(F)(F)F.[H-].[Na+]. The van der Waals surface area contributed by atoms with Gasteiger partial charge in [0.2, 0.25) is 0 Å². The first kappa shape index (κ1) is 30.4. The minimum atomic E-state index is -8.14. The molecule has 19 heteroatoms. The minimum Gasteiger partial charge on any atom is -1.00 e. The molecule has 0 amide bonds. The van der Waals surface area contributed by atoms with E-state index in [1.807, 2.05) is 0 Å². The van der Waals surface area contributed by atoms with Crippen molar-refractivity contribution in [2.75, 3.05) is 0 Å². The topological polar surface area (TPSA) is 46.2 Å². The van der Waals surface area contributed by atoms with Crippen molar-refractivity contribution in [3.8, 4) is 0 Å². The second-order valence-electron chi connectivity index (χ2n) is 6.17. The smallest absolute Gasteiger partial charge is 1.00 e. The van der Waals surface area contributed by atoms with Crippen LogP contribution in [0, 0.1) is 0 Å². The monoisotopic (exact) mass is 495 g/mol. The Morgan fingerprint density at radius 2 is 0.929 bits per heavy atom. The maximum atomic E-state index is 13.5. The molecule has 0 aliphatic carbocycles. The van der Waals surface area contributed by atoms with Crippen molar-refractivity contribution in [3.63, 3.8) is 0 Å². The number of halogens is 13. The van der Waals surface area contributed by atoms with E-state index in [9.17, 15) is 65.5 Å². The fraction of sp³-hybridized carbons (Fsp3) is 1.00. The summed E-state index contributed by atoms with van der Waals surface area (Å²) < 4.78 is 190. The fourth-order valence-electron chi connectivity index (χ4n) is 1.39. The summed E-state index contributed by atoms with van der Waals surface area (Å²) >= 11 is 0. The van der Waals surface area contributed by atoms with Crippen LogP contribution < -0.4 is 33.9 Å². The molecule has 1 N–H and O–H groups in total. The average Bonchev–Trinajstić information content (AvgIpc) is 2.33. The predicted molar refractivity (Wildman–Crippen MR) is 67.3 cm³/mol. The first-order valence-electron chi connectivity index (χ1n) is 6.20. The van der Waals surface area contributed by atoms with Gasteiger partial charge in [-0.1, -0.05) is 19.6 Å². The van der Waals surface area contributed by atoms with Gasteiger partial charge in [-0.25, -0.2) is 12.8 Å². The van der Waals surface area contributed by atoms with Gasteiger partial charge in [0.1, 0.15) is 8.24 Å². The Kier molecular flexibility index (Phi) is 8.39. The Morgan fingerprint density at radius 3 is 1.18 bits per heavy atom. The largest absolute Gasteiger partial charge is 1.00 e. The third-order valence-corrected chi connectivity index (χ3v) is 7.14. The molecule has 0 radical (unpaired) electrons. The van der Waals surface area contributed by atoms with Gasteiger partial charge in [0.15, 0.2) is 0 Å². The average molecular weight is 495 g/mol. The Labute approximate surface area is 173 Å². The number of alkyl halides is 13. The van der Waals surface area contributed by atoms with Crippen LogP contribution in [0.5, 0.6) is 0 Å². The number of hydrogen-bond acceptors (Lipinski definition) is 2. The van der Waals surface area contributed by atoms with Gasteiger partial charge < -0.3 is 1.43 Å². The van der Waals surface area contributed by atoms with Gasteiger partial charge in [-0.2, -0.15) is 57.1 Å². The first-order valence-corrected chi connectivity index (χ1v) is 11.2. The van der Waals surface area contributed by atoms with Crippen LogP contribution in [0.15, 0.2) is 0 Å². The molecular weight excluding hydrogens is 484 g/mol. The molecule has 0 aliphatic rings. The molecule has 3 nitrogen and oxygen atoms in total. The Bertz CT molecular complexity index is 677. The molecule has 0 saturated heterocycles. The zero-order chi connectivity index (χ0) is 22.7. The van der Waals surface area contributed by atoms with E-state index in [-0.39, 0.29) is 31.0 Å². The van der Waals surface area contributed by atoms with Gasteiger partial charge >= 0.3 is 64.7 Å². The maximum absolute atomic E-state index is 13.5. The number of rotatable bonds is 7. The summed E-state index contributed by atoms with van der Waals surface area (Å²) in [5.41, 5.74) is 0. The molecule has 0 aromatic carbocycles. The molecule has 0 bridgehead atoms. The Balaban J connectivity index is -0.00000338. The van der Waals surface area contributed by atoms with Crippen LogP contribution in [0.2, 0.25) is 19.6 Å². The van der Waals surface area contributed by atoms with Gasteiger partial charge in [-0.15, -0.1) is 0 Å². The predicted octanol–water partition coefficient (Wildman–Crippen LogP) is 1.55. The summed E-state index contributed by atoms with van der Waals surface area (Å²) in [4.78, 5) is 0. The van der Waals surface area contributed by atoms with Crippen molar-refractivity contribution in [3.05, 3.63) is 0 Å². The molecular formula is C9H11F13NNaO2SSi. The molecule has 0 aromatic rings. The van der Waals surface area contributed by atoms with Crippen LogP contribution in [0.25, 0.3) is 0 Å². The van der Waals surface area contributed by atoms with Crippen LogP contribution in [0.4, 0.5) is 57.1 Å². The van der Waals surface area contributed by atoms with E-state index in [1.165, 1.54) is 0 Å². The zero-order valence-corrected chi connectivity index (χ0v) is 18.0. The molecule has 0 aliphatic heterocycles. The summed E-state index contributed by atoms with van der Waals surface area (Å²) in [6.45, 7) is 2.55. The maximum Gasteiger partial charge on any atom is 1.00 e. The number of hydrogen-bond donors (Lipinski definition) is 1. The summed E-state index contributed by atoms with van der Waals surface area (Å²) in [6, 6.07) is 0. The molecule has 0 heterocycles. The van der Waals surface area contributed by atoms with E-state index in [1.54, 1.807) is 0 Å². The molecule has 0 saturated carbocycles. The summed E-state index contributed by atoms with van der Waals surface area (Å²) in [5.74, 6) is -32.1.